The molecule has 0 atom stereocenters. The average molecular weight is 689 g/mol. The van der Waals surface area contributed by atoms with Crippen molar-refractivity contribution in [3.05, 3.63) is 0 Å². The van der Waals surface area contributed by atoms with Gasteiger partial charge in [-0.15, -0.1) is 0 Å². The van der Waals surface area contributed by atoms with Crippen LogP contribution in [0, 0.1) is 17.8 Å². The van der Waals surface area contributed by atoms with E-state index < -0.39 is 0 Å². The summed E-state index contributed by atoms with van der Waals surface area (Å²) in [6, 6.07) is 0. The molecule has 0 radical (unpaired) electrons. The first-order chi connectivity index (χ1) is 22.0. The highest BCUT2D eigenvalue weighted by atomic mass is 15.4. The third kappa shape index (κ3) is 34.2. The summed E-state index contributed by atoms with van der Waals surface area (Å²) in [5, 5.41) is 0. The standard InChI is InChI=1S/C30H69N4.C7H18N.C5H13N/c1-28(2)16-13-22-32(7,8)25-19-31(20-26-33(9,10)23-14-17-29(3)4)21-27-34(11,12)24-15-18-30(5)6;1-5-8(4,6-2)7-3;1-4-6(3)5-2/h28-30H,13-27H2,1-12H3;5-7H2,1-4H3;4-5H2,1-3H3/q+3;+1;. The van der Waals surface area contributed by atoms with Crippen LogP contribution in [0.2, 0.25) is 0 Å². The molecule has 0 unspecified atom stereocenters. The van der Waals surface area contributed by atoms with E-state index in [1.54, 1.807) is 0 Å². The molecule has 0 aliphatic heterocycles. The first kappa shape index (κ1) is 52.1. The Morgan fingerprint density at radius 1 is 0.417 bits per heavy atom. The first-order valence-corrected chi connectivity index (χ1v) is 20.7. The van der Waals surface area contributed by atoms with Crippen molar-refractivity contribution in [2.45, 2.75) is 115 Å². The second-order valence-electron chi connectivity index (χ2n) is 18.7. The molecule has 6 nitrogen and oxygen atoms in total. The van der Waals surface area contributed by atoms with Gasteiger partial charge in [-0.1, -0.05) is 55.4 Å². The molecule has 0 aromatic heterocycles. The number of rotatable bonds is 26. The summed E-state index contributed by atoms with van der Waals surface area (Å²) in [5.74, 6) is 2.47. The summed E-state index contributed by atoms with van der Waals surface area (Å²) >= 11 is 0. The lowest BCUT2D eigenvalue weighted by Crippen LogP contribution is -2.52. The zero-order valence-corrected chi connectivity index (χ0v) is 37.6. The molecule has 294 valence electrons. The molecule has 0 saturated carbocycles. The van der Waals surface area contributed by atoms with Crippen LogP contribution in [-0.2, 0) is 0 Å². The van der Waals surface area contributed by atoms with E-state index in [1.807, 2.05) is 0 Å². The molecule has 0 N–H and O–H groups in total. The summed E-state index contributed by atoms with van der Waals surface area (Å²) in [4.78, 5) is 5.05. The van der Waals surface area contributed by atoms with Gasteiger partial charge in [0.15, 0.2) is 0 Å². The van der Waals surface area contributed by atoms with Crippen molar-refractivity contribution in [2.75, 3.05) is 148 Å². The van der Waals surface area contributed by atoms with E-state index in [2.05, 4.69) is 142 Å². The van der Waals surface area contributed by atoms with Crippen LogP contribution in [0.5, 0.6) is 0 Å². The number of likely N-dealkylation sites (N-methyl/N-ethyl adjacent to an activating group) is 3. The Morgan fingerprint density at radius 3 is 0.812 bits per heavy atom. The number of hydrogen-bond donors (Lipinski definition) is 0. The van der Waals surface area contributed by atoms with Crippen LogP contribution in [0.15, 0.2) is 0 Å². The average Bonchev–Trinajstić information content (AvgIpc) is 2.99. The molecule has 0 aliphatic carbocycles. The third-order valence-electron chi connectivity index (χ3n) is 11.1. The number of nitrogens with zero attached hydrogens (tertiary/aromatic N) is 6. The Labute approximate surface area is 307 Å². The largest absolute Gasteiger partial charge is 0.327 e. The van der Waals surface area contributed by atoms with Gasteiger partial charge in [0.05, 0.1) is 108 Å². The molecule has 48 heavy (non-hydrogen) atoms. The van der Waals surface area contributed by atoms with Crippen molar-refractivity contribution >= 4 is 0 Å². The van der Waals surface area contributed by atoms with Gasteiger partial charge in [0.1, 0.15) is 0 Å². The zero-order valence-electron chi connectivity index (χ0n) is 37.6. The first-order valence-electron chi connectivity index (χ1n) is 20.7. The highest BCUT2D eigenvalue weighted by Crippen LogP contribution is 2.12. The van der Waals surface area contributed by atoms with E-state index >= 15 is 0 Å². The quantitative estimate of drug-likeness (QED) is 0.0845. The van der Waals surface area contributed by atoms with E-state index in [9.17, 15) is 0 Å². The lowest BCUT2D eigenvalue weighted by molar-refractivity contribution is -0.904. The van der Waals surface area contributed by atoms with Crippen molar-refractivity contribution in [1.29, 1.82) is 0 Å². The van der Waals surface area contributed by atoms with Gasteiger partial charge in [0.25, 0.3) is 0 Å². The van der Waals surface area contributed by atoms with E-state index in [0.29, 0.717) is 0 Å². The SMILES string of the molecule is CC(C)CCC[N+](C)(C)CCN(CC[N+](C)(C)CCCC(C)C)CC[N+](C)(C)CCCC(C)C.CCN(C)CC.CC[N+](C)(CC)CC. The molecular weight excluding hydrogens is 589 g/mol. The molecule has 0 saturated heterocycles. The molecule has 0 aromatic rings. The maximum Gasteiger partial charge on any atom is 0.0911 e. The van der Waals surface area contributed by atoms with Gasteiger partial charge in [-0.05, 0) is 97.2 Å². The van der Waals surface area contributed by atoms with Gasteiger partial charge in [-0.2, -0.15) is 0 Å². The lowest BCUT2D eigenvalue weighted by Gasteiger charge is -2.37. The van der Waals surface area contributed by atoms with E-state index in [4.69, 9.17) is 0 Å². The zero-order chi connectivity index (χ0) is 38.0. The highest BCUT2D eigenvalue weighted by molar-refractivity contribution is 4.59. The fourth-order valence-electron chi connectivity index (χ4n) is 5.58. The highest BCUT2D eigenvalue weighted by Gasteiger charge is 2.23. The van der Waals surface area contributed by atoms with Crippen LogP contribution in [0.3, 0.4) is 0 Å². The Balaban J connectivity index is -0.00000119. The van der Waals surface area contributed by atoms with Crippen LogP contribution in [0.1, 0.15) is 115 Å². The van der Waals surface area contributed by atoms with Crippen LogP contribution >= 0.6 is 0 Å². The predicted octanol–water partition coefficient (Wildman–Crippen LogP) is 8.28. The maximum absolute atomic E-state index is 2.80. The minimum Gasteiger partial charge on any atom is -0.327 e. The molecule has 0 rings (SSSR count). The van der Waals surface area contributed by atoms with Crippen LogP contribution < -0.4 is 0 Å². The molecule has 0 fully saturated rings. The van der Waals surface area contributed by atoms with Gasteiger partial charge in [0.2, 0.25) is 0 Å². The van der Waals surface area contributed by atoms with Gasteiger partial charge < -0.3 is 22.8 Å². The minimum atomic E-state index is 0.822. The van der Waals surface area contributed by atoms with Gasteiger partial charge in [-0.3, -0.25) is 4.90 Å². The van der Waals surface area contributed by atoms with Crippen LogP contribution in [0.4, 0.5) is 0 Å². The van der Waals surface area contributed by atoms with Crippen molar-refractivity contribution in [3.8, 4) is 0 Å². The van der Waals surface area contributed by atoms with Gasteiger partial charge in [-0.25, -0.2) is 0 Å². The van der Waals surface area contributed by atoms with Crippen molar-refractivity contribution in [1.82, 2.24) is 9.80 Å². The third-order valence-corrected chi connectivity index (χ3v) is 11.1. The summed E-state index contributed by atoms with van der Waals surface area (Å²) in [6.45, 7) is 42.6. The molecule has 0 spiro atoms. The Morgan fingerprint density at radius 2 is 0.667 bits per heavy atom. The number of quaternary nitrogens is 4. The fourth-order valence-corrected chi connectivity index (χ4v) is 5.58. The van der Waals surface area contributed by atoms with Crippen molar-refractivity contribution < 1.29 is 17.9 Å². The van der Waals surface area contributed by atoms with Gasteiger partial charge in [0, 0.05) is 19.6 Å². The number of hydrogen-bond acceptors (Lipinski definition) is 2. The molecule has 0 aromatic carbocycles. The summed E-state index contributed by atoms with van der Waals surface area (Å²) in [6.07, 6.45) is 8.12. The Bertz CT molecular complexity index is 613. The summed E-state index contributed by atoms with van der Waals surface area (Å²) in [7, 11) is 19.0. The van der Waals surface area contributed by atoms with Gasteiger partial charge >= 0.3 is 0 Å². The van der Waals surface area contributed by atoms with Crippen molar-refractivity contribution in [3.63, 3.8) is 0 Å². The monoisotopic (exact) mass is 689 g/mol. The molecule has 0 bridgehead atoms. The van der Waals surface area contributed by atoms with E-state index in [1.165, 1.54) is 122 Å². The summed E-state index contributed by atoms with van der Waals surface area (Å²) in [5.41, 5.74) is 0. The van der Waals surface area contributed by atoms with Crippen LogP contribution in [-0.4, -0.2) is 176 Å². The molecule has 0 heterocycles. The second kappa shape index (κ2) is 28.4. The molecule has 0 aliphatic rings. The lowest BCUT2D eigenvalue weighted by atomic mass is 10.1. The minimum absolute atomic E-state index is 0.822. The van der Waals surface area contributed by atoms with Crippen molar-refractivity contribution in [2.24, 2.45) is 17.8 Å². The second-order valence-corrected chi connectivity index (χ2v) is 18.7. The Kier molecular flexibility index (Phi) is 30.8. The topological polar surface area (TPSA) is 6.48 Å². The van der Waals surface area contributed by atoms with Crippen LogP contribution in [0.25, 0.3) is 0 Å². The van der Waals surface area contributed by atoms with E-state index in [-0.39, 0.29) is 0 Å². The van der Waals surface area contributed by atoms with E-state index in [0.717, 1.165) is 44.3 Å². The molecule has 0 amide bonds. The Hall–Kier alpha value is -0.240. The smallest absolute Gasteiger partial charge is 0.0911 e. The molecular formula is C42H100N6+4. The summed E-state index contributed by atoms with van der Waals surface area (Å²) < 4.78 is 4.67. The maximum atomic E-state index is 2.80. The predicted molar refractivity (Wildman–Crippen MR) is 221 cm³/mol. The fraction of sp³-hybridized carbons (Fsp3) is 1.00. The molecule has 6 heteroatoms. The normalized spacial score (nSPS) is 13.0.